The Morgan fingerprint density at radius 2 is 2.15 bits per heavy atom. The van der Waals surface area contributed by atoms with Gasteiger partial charge < -0.3 is 10.1 Å². The number of thiophene rings is 1. The van der Waals surface area contributed by atoms with E-state index in [4.69, 9.17) is 10.00 Å². The molecule has 0 saturated heterocycles. The Morgan fingerprint density at radius 1 is 1.30 bits per heavy atom. The van der Waals surface area contributed by atoms with E-state index >= 15 is 0 Å². The minimum absolute atomic E-state index is 0.305. The molecule has 0 atom stereocenters. The van der Waals surface area contributed by atoms with Crippen LogP contribution in [0.1, 0.15) is 25.1 Å². The molecule has 0 aliphatic heterocycles. The Morgan fingerprint density at radius 3 is 2.80 bits per heavy atom. The van der Waals surface area contributed by atoms with E-state index in [1.54, 1.807) is 6.07 Å². The van der Waals surface area contributed by atoms with Gasteiger partial charge in [-0.2, -0.15) is 20.2 Å². The summed E-state index contributed by atoms with van der Waals surface area (Å²) >= 11 is 1.35. The van der Waals surface area contributed by atoms with Crippen molar-refractivity contribution in [2.75, 3.05) is 18.5 Å². The average Bonchev–Trinajstić information content (AvgIpc) is 2.94. The molecule has 0 radical (unpaired) electrons. The van der Waals surface area contributed by atoms with Gasteiger partial charge in [0.2, 0.25) is 5.95 Å². The second kappa shape index (κ2) is 6.82. The summed E-state index contributed by atoms with van der Waals surface area (Å²) in [6.45, 7) is 5.26. The zero-order valence-electron chi connectivity index (χ0n) is 11.4. The van der Waals surface area contributed by atoms with Crippen molar-refractivity contribution in [3.8, 4) is 22.8 Å². The lowest BCUT2D eigenvalue weighted by Gasteiger charge is -2.07. The van der Waals surface area contributed by atoms with E-state index < -0.39 is 0 Å². The van der Waals surface area contributed by atoms with E-state index in [2.05, 4.69) is 26.3 Å². The Hall–Kier alpha value is -2.20. The number of nitriles is 1. The zero-order chi connectivity index (χ0) is 14.4. The fourth-order valence-electron chi connectivity index (χ4n) is 1.48. The third kappa shape index (κ3) is 3.42. The lowest BCUT2D eigenvalue weighted by molar-refractivity contribution is 0.292. The predicted octanol–water partition coefficient (Wildman–Crippen LogP) is 2.69. The smallest absolute Gasteiger partial charge is 0.321 e. The molecule has 0 bridgehead atoms. The first-order valence-electron chi connectivity index (χ1n) is 6.39. The number of aromatic nitrogens is 3. The zero-order valence-corrected chi connectivity index (χ0v) is 12.2. The molecule has 104 valence electrons. The van der Waals surface area contributed by atoms with Crippen molar-refractivity contribution in [2.24, 2.45) is 0 Å². The first-order chi connectivity index (χ1) is 9.76. The number of hydrogen-bond acceptors (Lipinski definition) is 7. The maximum atomic E-state index is 8.88. The highest BCUT2D eigenvalue weighted by molar-refractivity contribution is 7.15. The van der Waals surface area contributed by atoms with E-state index in [0.717, 1.165) is 11.3 Å². The molecule has 0 saturated carbocycles. The van der Waals surface area contributed by atoms with Crippen LogP contribution in [-0.4, -0.2) is 28.1 Å². The molecule has 20 heavy (non-hydrogen) atoms. The molecule has 0 aliphatic carbocycles. The van der Waals surface area contributed by atoms with E-state index in [9.17, 15) is 0 Å². The lowest BCUT2D eigenvalue weighted by atomic mass is 10.4. The van der Waals surface area contributed by atoms with Crippen LogP contribution in [0.15, 0.2) is 12.1 Å². The van der Waals surface area contributed by atoms with Gasteiger partial charge in [0, 0.05) is 6.54 Å². The van der Waals surface area contributed by atoms with E-state index in [1.165, 1.54) is 11.3 Å². The number of nitrogens with one attached hydrogen (secondary N) is 1. The summed E-state index contributed by atoms with van der Waals surface area (Å²) in [5.41, 5.74) is 0. The Kier molecular flexibility index (Phi) is 4.85. The minimum atomic E-state index is 0.305. The van der Waals surface area contributed by atoms with E-state index in [0.29, 0.717) is 35.8 Å². The predicted molar refractivity (Wildman–Crippen MR) is 77.8 cm³/mol. The Bertz CT molecular complexity index is 619. The number of anilines is 1. The van der Waals surface area contributed by atoms with Crippen LogP contribution in [-0.2, 0) is 0 Å². The summed E-state index contributed by atoms with van der Waals surface area (Å²) in [4.78, 5) is 14.3. The van der Waals surface area contributed by atoms with Crippen molar-refractivity contribution in [1.82, 2.24) is 15.0 Å². The SMILES string of the molecule is CCCOc1nc(NCC)nc(-c2ccc(C#N)s2)n1. The van der Waals surface area contributed by atoms with Crippen LogP contribution in [0.25, 0.3) is 10.7 Å². The fourth-order valence-corrected chi connectivity index (χ4v) is 2.22. The van der Waals surface area contributed by atoms with Crippen molar-refractivity contribution >= 4 is 17.3 Å². The average molecular weight is 289 g/mol. The molecule has 0 spiro atoms. The summed E-state index contributed by atoms with van der Waals surface area (Å²) in [6, 6.07) is 6.00. The normalized spacial score (nSPS) is 10.1. The molecule has 0 aromatic carbocycles. The minimum Gasteiger partial charge on any atom is -0.463 e. The summed E-state index contributed by atoms with van der Waals surface area (Å²) in [5.74, 6) is 1.00. The van der Waals surface area contributed by atoms with Crippen molar-refractivity contribution < 1.29 is 4.74 Å². The maximum Gasteiger partial charge on any atom is 0.321 e. The topological polar surface area (TPSA) is 83.7 Å². The van der Waals surface area contributed by atoms with Crippen LogP contribution in [0, 0.1) is 11.3 Å². The van der Waals surface area contributed by atoms with E-state index in [1.807, 2.05) is 19.9 Å². The molecular weight excluding hydrogens is 274 g/mol. The van der Waals surface area contributed by atoms with Crippen molar-refractivity contribution in [1.29, 1.82) is 5.26 Å². The summed E-state index contributed by atoms with van der Waals surface area (Å²) in [5, 5.41) is 11.9. The summed E-state index contributed by atoms with van der Waals surface area (Å²) in [7, 11) is 0. The van der Waals surface area contributed by atoms with Crippen LogP contribution in [0.2, 0.25) is 0 Å². The van der Waals surface area contributed by atoms with Gasteiger partial charge in [-0.25, -0.2) is 0 Å². The van der Waals surface area contributed by atoms with Crippen LogP contribution in [0.3, 0.4) is 0 Å². The highest BCUT2D eigenvalue weighted by Gasteiger charge is 2.11. The molecule has 1 N–H and O–H groups in total. The van der Waals surface area contributed by atoms with E-state index in [-0.39, 0.29) is 0 Å². The quantitative estimate of drug-likeness (QED) is 0.880. The monoisotopic (exact) mass is 289 g/mol. The standard InChI is InChI=1S/C13H15N5OS/c1-3-7-19-13-17-11(16-12(18-13)15-4-2)10-6-5-9(8-14)20-10/h5-6H,3-4,7H2,1-2H3,(H,15,16,17,18). The van der Waals surface area contributed by atoms with Crippen molar-refractivity contribution in [3.63, 3.8) is 0 Å². The number of ether oxygens (including phenoxy) is 1. The second-order valence-electron chi connectivity index (χ2n) is 3.92. The fraction of sp³-hybridized carbons (Fsp3) is 0.385. The number of rotatable bonds is 6. The van der Waals surface area contributed by atoms with Crippen LogP contribution in [0.4, 0.5) is 5.95 Å². The first kappa shape index (κ1) is 14.2. The largest absolute Gasteiger partial charge is 0.463 e. The highest BCUT2D eigenvalue weighted by Crippen LogP contribution is 2.26. The third-order valence-electron chi connectivity index (χ3n) is 2.32. The molecule has 2 rings (SSSR count). The molecule has 2 heterocycles. The van der Waals surface area contributed by atoms with Crippen LogP contribution < -0.4 is 10.1 Å². The van der Waals surface area contributed by atoms with Gasteiger partial charge in [-0.05, 0) is 25.5 Å². The van der Waals surface area contributed by atoms with Crippen LogP contribution >= 0.6 is 11.3 Å². The molecule has 2 aromatic heterocycles. The maximum absolute atomic E-state index is 8.88. The molecule has 0 aliphatic rings. The van der Waals surface area contributed by atoms with Crippen molar-refractivity contribution in [2.45, 2.75) is 20.3 Å². The lowest BCUT2D eigenvalue weighted by Crippen LogP contribution is -2.07. The molecule has 2 aromatic rings. The second-order valence-corrected chi connectivity index (χ2v) is 5.00. The summed E-state index contributed by atoms with van der Waals surface area (Å²) < 4.78 is 5.47. The van der Waals surface area contributed by atoms with Gasteiger partial charge in [-0.3, -0.25) is 0 Å². The highest BCUT2D eigenvalue weighted by atomic mass is 32.1. The first-order valence-corrected chi connectivity index (χ1v) is 7.21. The van der Waals surface area contributed by atoms with Gasteiger partial charge in [0.1, 0.15) is 10.9 Å². The third-order valence-corrected chi connectivity index (χ3v) is 3.31. The van der Waals surface area contributed by atoms with Gasteiger partial charge in [-0.1, -0.05) is 6.92 Å². The molecule has 0 amide bonds. The van der Waals surface area contributed by atoms with Crippen molar-refractivity contribution in [3.05, 3.63) is 17.0 Å². The molecular formula is C13H15N5OS. The van der Waals surface area contributed by atoms with Crippen LogP contribution in [0.5, 0.6) is 6.01 Å². The Balaban J connectivity index is 2.35. The molecule has 6 nitrogen and oxygen atoms in total. The summed E-state index contributed by atoms with van der Waals surface area (Å²) in [6.07, 6.45) is 0.884. The molecule has 0 unspecified atom stereocenters. The molecule has 0 fully saturated rings. The Labute approximate surface area is 121 Å². The van der Waals surface area contributed by atoms with Gasteiger partial charge >= 0.3 is 6.01 Å². The molecule has 7 heteroatoms. The number of nitrogens with zero attached hydrogens (tertiary/aromatic N) is 4. The van der Waals surface area contributed by atoms with Gasteiger partial charge in [-0.15, -0.1) is 11.3 Å². The van der Waals surface area contributed by atoms with Gasteiger partial charge in [0.15, 0.2) is 5.82 Å². The van der Waals surface area contributed by atoms with Gasteiger partial charge in [0.25, 0.3) is 0 Å². The van der Waals surface area contributed by atoms with Gasteiger partial charge in [0.05, 0.1) is 11.5 Å². The number of hydrogen-bond donors (Lipinski definition) is 1.